The number of pyridine rings is 1. The van der Waals surface area contributed by atoms with E-state index in [0.29, 0.717) is 36.0 Å². The zero-order valence-corrected chi connectivity index (χ0v) is 13.4. The molecule has 0 spiro atoms. The molecule has 2 N–H and O–H groups in total. The molecule has 0 aliphatic carbocycles. The quantitative estimate of drug-likeness (QED) is 0.747. The molecule has 0 saturated heterocycles. The van der Waals surface area contributed by atoms with Gasteiger partial charge in [-0.05, 0) is 30.3 Å². The third kappa shape index (κ3) is 2.59. The molecule has 7 nitrogen and oxygen atoms in total. The van der Waals surface area contributed by atoms with Gasteiger partial charge in [-0.3, -0.25) is 0 Å². The van der Waals surface area contributed by atoms with E-state index >= 15 is 0 Å². The normalized spacial score (nSPS) is 12.8. The maximum atomic E-state index is 11.7. The lowest BCUT2D eigenvalue weighted by Crippen LogP contribution is -2.15. The molecule has 1 aliphatic heterocycles. The topological polar surface area (TPSA) is 106 Å². The fourth-order valence-corrected chi connectivity index (χ4v) is 2.95. The number of hydrogen-bond acceptors (Lipinski definition) is 5. The van der Waals surface area contributed by atoms with E-state index in [-0.39, 0.29) is 22.0 Å². The lowest BCUT2D eigenvalue weighted by atomic mass is 10.0. The smallest absolute Gasteiger partial charge is 0.337 e. The van der Waals surface area contributed by atoms with Gasteiger partial charge in [0.2, 0.25) is 0 Å². The van der Waals surface area contributed by atoms with Crippen molar-refractivity contribution in [2.45, 2.75) is 0 Å². The van der Waals surface area contributed by atoms with Crippen molar-refractivity contribution >= 4 is 22.8 Å². The number of carboxylic acid groups (broad SMARTS) is 2. The molecule has 0 fully saturated rings. The van der Waals surface area contributed by atoms with Crippen LogP contribution in [0.2, 0.25) is 0 Å². The van der Waals surface area contributed by atoms with Crippen LogP contribution in [0, 0.1) is 0 Å². The minimum atomic E-state index is -1.17. The van der Waals surface area contributed by atoms with Crippen LogP contribution in [0.4, 0.5) is 0 Å². The molecule has 1 aromatic heterocycles. The van der Waals surface area contributed by atoms with Gasteiger partial charge in [0, 0.05) is 10.9 Å². The van der Waals surface area contributed by atoms with Crippen LogP contribution in [0.15, 0.2) is 42.5 Å². The fraction of sp³-hybridized carbons (Fsp3) is 0.105. The van der Waals surface area contributed by atoms with Crippen molar-refractivity contribution < 1.29 is 29.3 Å². The molecule has 0 atom stereocenters. The summed E-state index contributed by atoms with van der Waals surface area (Å²) in [4.78, 5) is 27.6. The second-order valence-corrected chi connectivity index (χ2v) is 5.73. The molecule has 7 heteroatoms. The molecule has 3 aromatic rings. The lowest BCUT2D eigenvalue weighted by molar-refractivity contribution is 0.0686. The van der Waals surface area contributed by atoms with Crippen LogP contribution in [-0.4, -0.2) is 40.3 Å². The van der Waals surface area contributed by atoms with Crippen molar-refractivity contribution in [1.82, 2.24) is 4.98 Å². The monoisotopic (exact) mass is 351 g/mol. The highest BCUT2D eigenvalue weighted by Gasteiger charge is 2.19. The van der Waals surface area contributed by atoms with Gasteiger partial charge in [0.05, 0.1) is 22.3 Å². The molecule has 0 radical (unpaired) electrons. The van der Waals surface area contributed by atoms with E-state index in [0.717, 1.165) is 0 Å². The Bertz CT molecular complexity index is 1060. The summed E-state index contributed by atoms with van der Waals surface area (Å²) in [6.07, 6.45) is 0. The summed E-state index contributed by atoms with van der Waals surface area (Å²) >= 11 is 0. The van der Waals surface area contributed by atoms with E-state index in [4.69, 9.17) is 9.47 Å². The second-order valence-electron chi connectivity index (χ2n) is 5.73. The van der Waals surface area contributed by atoms with Crippen LogP contribution >= 0.6 is 0 Å². The molecule has 0 unspecified atom stereocenters. The molecular formula is C19H13NO6. The predicted molar refractivity (Wildman–Crippen MR) is 92.1 cm³/mol. The number of rotatable bonds is 3. The number of nitrogens with zero attached hydrogens (tertiary/aromatic N) is 1. The van der Waals surface area contributed by atoms with Gasteiger partial charge in [0.25, 0.3) is 0 Å². The Morgan fingerprint density at radius 3 is 2.35 bits per heavy atom. The first-order valence-electron chi connectivity index (χ1n) is 7.85. The number of aromatic nitrogens is 1. The van der Waals surface area contributed by atoms with Crippen LogP contribution in [-0.2, 0) is 0 Å². The van der Waals surface area contributed by atoms with Gasteiger partial charge < -0.3 is 19.7 Å². The summed E-state index contributed by atoms with van der Waals surface area (Å²) < 4.78 is 11.0. The molecule has 2 aromatic carbocycles. The Morgan fingerprint density at radius 2 is 1.62 bits per heavy atom. The van der Waals surface area contributed by atoms with Gasteiger partial charge in [-0.1, -0.05) is 12.1 Å². The van der Waals surface area contributed by atoms with Crippen LogP contribution < -0.4 is 9.47 Å². The second kappa shape index (κ2) is 6.03. The summed E-state index contributed by atoms with van der Waals surface area (Å²) in [5.74, 6) is -1.18. The van der Waals surface area contributed by atoms with E-state index < -0.39 is 11.9 Å². The maximum absolute atomic E-state index is 11.7. The molecule has 0 bridgehead atoms. The molecular weight excluding hydrogens is 338 g/mol. The van der Waals surface area contributed by atoms with Crippen LogP contribution in [0.3, 0.4) is 0 Å². The highest BCUT2D eigenvalue weighted by Crippen LogP contribution is 2.35. The van der Waals surface area contributed by atoms with E-state index in [1.165, 1.54) is 18.2 Å². The average molecular weight is 351 g/mol. The van der Waals surface area contributed by atoms with Crippen LogP contribution in [0.1, 0.15) is 20.7 Å². The number of fused-ring (bicyclic) bond motifs is 2. The Balaban J connectivity index is 1.97. The van der Waals surface area contributed by atoms with Gasteiger partial charge in [-0.25, -0.2) is 14.6 Å². The number of aromatic carboxylic acids is 2. The molecule has 1 aliphatic rings. The zero-order valence-electron chi connectivity index (χ0n) is 13.4. The number of benzene rings is 2. The van der Waals surface area contributed by atoms with Gasteiger partial charge >= 0.3 is 11.9 Å². The molecule has 0 saturated carbocycles. The van der Waals surface area contributed by atoms with Gasteiger partial charge in [-0.15, -0.1) is 0 Å². The number of carboxylic acids is 2. The van der Waals surface area contributed by atoms with Crippen molar-refractivity contribution in [3.8, 4) is 22.8 Å². The van der Waals surface area contributed by atoms with Crippen molar-refractivity contribution in [2.24, 2.45) is 0 Å². The number of ether oxygens (including phenoxy) is 2. The van der Waals surface area contributed by atoms with Crippen molar-refractivity contribution in [3.05, 3.63) is 53.6 Å². The van der Waals surface area contributed by atoms with E-state index in [1.54, 1.807) is 24.3 Å². The molecule has 0 amide bonds. The minimum absolute atomic E-state index is 0.0111. The number of para-hydroxylation sites is 1. The first kappa shape index (κ1) is 15.9. The Kier molecular flexibility index (Phi) is 3.69. The zero-order chi connectivity index (χ0) is 18.3. The van der Waals surface area contributed by atoms with Crippen LogP contribution in [0.5, 0.6) is 11.5 Å². The number of hydrogen-bond donors (Lipinski definition) is 2. The van der Waals surface area contributed by atoms with Crippen molar-refractivity contribution in [3.63, 3.8) is 0 Å². The van der Waals surface area contributed by atoms with Gasteiger partial charge in [0.1, 0.15) is 13.2 Å². The molecule has 4 rings (SSSR count). The SMILES string of the molecule is O=C(O)c1cc(-c2ccc3c(c2)OCCO3)nc2c(C(=O)O)cccc12. The highest BCUT2D eigenvalue weighted by molar-refractivity contribution is 6.09. The first-order chi connectivity index (χ1) is 12.5. The number of carbonyl (C=O) groups is 2. The van der Waals surface area contributed by atoms with Crippen molar-refractivity contribution in [2.75, 3.05) is 13.2 Å². The largest absolute Gasteiger partial charge is 0.486 e. The lowest BCUT2D eigenvalue weighted by Gasteiger charge is -2.19. The third-order valence-electron chi connectivity index (χ3n) is 4.14. The summed E-state index contributed by atoms with van der Waals surface area (Å²) in [7, 11) is 0. The van der Waals surface area contributed by atoms with Gasteiger partial charge in [-0.2, -0.15) is 0 Å². The van der Waals surface area contributed by atoms with Crippen molar-refractivity contribution in [1.29, 1.82) is 0 Å². The molecule has 130 valence electrons. The molecule has 2 heterocycles. The summed E-state index contributed by atoms with van der Waals surface area (Å²) in [6.45, 7) is 0.886. The maximum Gasteiger partial charge on any atom is 0.337 e. The Hall–Kier alpha value is -3.61. The predicted octanol–water partition coefficient (Wildman–Crippen LogP) is 3.07. The minimum Gasteiger partial charge on any atom is -0.486 e. The van der Waals surface area contributed by atoms with E-state index in [1.807, 2.05) is 0 Å². The standard InChI is InChI=1S/C19H13NO6/c21-18(22)12-3-1-2-11-13(19(23)24)9-14(20-17(11)12)10-4-5-15-16(8-10)26-7-6-25-15/h1-5,8-9H,6-7H2,(H,21,22)(H,23,24). The van der Waals surface area contributed by atoms with Crippen LogP contribution in [0.25, 0.3) is 22.2 Å². The van der Waals surface area contributed by atoms with E-state index in [2.05, 4.69) is 4.98 Å². The summed E-state index contributed by atoms with van der Waals surface area (Å²) in [5.41, 5.74) is 1.02. The van der Waals surface area contributed by atoms with Gasteiger partial charge in [0.15, 0.2) is 11.5 Å². The highest BCUT2D eigenvalue weighted by atomic mass is 16.6. The molecule has 26 heavy (non-hydrogen) atoms. The summed E-state index contributed by atoms with van der Waals surface area (Å²) in [6, 6.07) is 11.0. The first-order valence-corrected chi connectivity index (χ1v) is 7.85. The third-order valence-corrected chi connectivity index (χ3v) is 4.14. The summed E-state index contributed by atoms with van der Waals surface area (Å²) in [5, 5.41) is 19.2. The van der Waals surface area contributed by atoms with E-state index in [9.17, 15) is 19.8 Å². The Morgan fingerprint density at radius 1 is 0.885 bits per heavy atom. The average Bonchev–Trinajstić information content (AvgIpc) is 2.66. The Labute approximate surface area is 147 Å². The fourth-order valence-electron chi connectivity index (χ4n) is 2.95.